The quantitative estimate of drug-likeness (QED) is 0.468. The summed E-state index contributed by atoms with van der Waals surface area (Å²) in [6, 6.07) is 5.76. The SMILES string of the molecule is CCOC(=O)c1cn(-c2ccc(Br)nc2)c2cc(F)c(Cl)cc2c1=O. The molecule has 0 aliphatic rings. The third-order valence-electron chi connectivity index (χ3n) is 3.53. The maximum absolute atomic E-state index is 14.0. The monoisotopic (exact) mass is 424 g/mol. The molecular formula is C17H11BrClFN2O3. The highest BCUT2D eigenvalue weighted by Crippen LogP contribution is 2.24. The van der Waals surface area contributed by atoms with Crippen LogP contribution in [-0.2, 0) is 4.74 Å². The Morgan fingerprint density at radius 2 is 2.16 bits per heavy atom. The summed E-state index contributed by atoms with van der Waals surface area (Å²) in [5.41, 5.74) is 0.0705. The number of rotatable bonds is 3. The van der Waals surface area contributed by atoms with Crippen LogP contribution in [0.1, 0.15) is 17.3 Å². The van der Waals surface area contributed by atoms with Crippen LogP contribution in [0, 0.1) is 5.82 Å². The van der Waals surface area contributed by atoms with Gasteiger partial charge in [0.2, 0.25) is 5.43 Å². The molecule has 5 nitrogen and oxygen atoms in total. The molecule has 0 N–H and O–H groups in total. The molecule has 0 bridgehead atoms. The Hall–Kier alpha value is -2.25. The van der Waals surface area contributed by atoms with Gasteiger partial charge in [-0.25, -0.2) is 14.2 Å². The van der Waals surface area contributed by atoms with E-state index in [0.717, 1.165) is 6.07 Å². The van der Waals surface area contributed by atoms with Gasteiger partial charge in [0, 0.05) is 17.6 Å². The Kier molecular flexibility index (Phi) is 4.87. The van der Waals surface area contributed by atoms with Crippen LogP contribution < -0.4 is 5.43 Å². The number of fused-ring (bicyclic) bond motifs is 1. The number of esters is 1. The highest BCUT2D eigenvalue weighted by atomic mass is 79.9. The summed E-state index contributed by atoms with van der Waals surface area (Å²) in [5, 5.41) is -0.0917. The van der Waals surface area contributed by atoms with Gasteiger partial charge in [-0.1, -0.05) is 11.6 Å². The number of halogens is 3. The fraction of sp³-hybridized carbons (Fsp3) is 0.118. The van der Waals surface area contributed by atoms with Crippen LogP contribution in [0.4, 0.5) is 4.39 Å². The lowest BCUT2D eigenvalue weighted by Crippen LogP contribution is -2.20. The van der Waals surface area contributed by atoms with E-state index in [9.17, 15) is 14.0 Å². The van der Waals surface area contributed by atoms with Gasteiger partial charge < -0.3 is 9.30 Å². The van der Waals surface area contributed by atoms with Crippen LogP contribution in [0.25, 0.3) is 16.6 Å². The molecule has 128 valence electrons. The van der Waals surface area contributed by atoms with Gasteiger partial charge in [0.15, 0.2) is 0 Å². The molecule has 3 aromatic rings. The summed E-state index contributed by atoms with van der Waals surface area (Å²) in [6.07, 6.45) is 2.84. The first-order valence-electron chi connectivity index (χ1n) is 7.26. The number of pyridine rings is 2. The number of ether oxygens (including phenoxy) is 1. The second kappa shape index (κ2) is 6.93. The lowest BCUT2D eigenvalue weighted by molar-refractivity contribution is 0.0524. The summed E-state index contributed by atoms with van der Waals surface area (Å²) in [6.45, 7) is 1.77. The van der Waals surface area contributed by atoms with Crippen LogP contribution >= 0.6 is 27.5 Å². The van der Waals surface area contributed by atoms with Gasteiger partial charge in [-0.15, -0.1) is 0 Å². The Morgan fingerprint density at radius 1 is 1.40 bits per heavy atom. The zero-order valence-corrected chi connectivity index (χ0v) is 15.3. The summed E-state index contributed by atoms with van der Waals surface area (Å²) in [7, 11) is 0. The van der Waals surface area contributed by atoms with Crippen molar-refractivity contribution in [3.05, 3.63) is 67.9 Å². The summed E-state index contributed by atoms with van der Waals surface area (Å²) in [5.74, 6) is -1.43. The topological polar surface area (TPSA) is 61.2 Å². The summed E-state index contributed by atoms with van der Waals surface area (Å²) >= 11 is 9.05. The van der Waals surface area contributed by atoms with Crippen molar-refractivity contribution in [3.63, 3.8) is 0 Å². The van der Waals surface area contributed by atoms with Crippen molar-refractivity contribution in [1.29, 1.82) is 0 Å². The van der Waals surface area contributed by atoms with E-state index < -0.39 is 17.2 Å². The second-order valence-electron chi connectivity index (χ2n) is 5.08. The third-order valence-corrected chi connectivity index (χ3v) is 4.29. The molecule has 0 saturated heterocycles. The molecule has 0 fully saturated rings. The Labute approximate surface area is 155 Å². The van der Waals surface area contributed by atoms with E-state index in [1.165, 1.54) is 23.0 Å². The molecule has 0 amide bonds. The highest BCUT2D eigenvalue weighted by molar-refractivity contribution is 9.10. The standard InChI is InChI=1S/C17H11BrClFN2O3/c1-2-25-17(24)11-8-22(9-3-4-15(18)21-7-9)14-6-13(20)12(19)5-10(14)16(11)23/h3-8H,2H2,1H3. The molecule has 0 aliphatic heterocycles. The maximum atomic E-state index is 14.0. The average Bonchev–Trinajstić information content (AvgIpc) is 2.58. The zero-order chi connectivity index (χ0) is 18.1. The number of hydrogen-bond acceptors (Lipinski definition) is 4. The lowest BCUT2D eigenvalue weighted by Gasteiger charge is -2.13. The Bertz CT molecular complexity index is 1030. The first kappa shape index (κ1) is 17.6. The second-order valence-corrected chi connectivity index (χ2v) is 6.30. The van der Waals surface area contributed by atoms with Crippen LogP contribution in [0.5, 0.6) is 0 Å². The van der Waals surface area contributed by atoms with Gasteiger partial charge in [0.05, 0.1) is 29.0 Å². The van der Waals surface area contributed by atoms with E-state index >= 15 is 0 Å². The van der Waals surface area contributed by atoms with Gasteiger partial charge >= 0.3 is 5.97 Å². The van der Waals surface area contributed by atoms with E-state index in [4.69, 9.17) is 16.3 Å². The Balaban J connectivity index is 2.39. The van der Waals surface area contributed by atoms with Crippen LogP contribution in [0.3, 0.4) is 0 Å². The molecule has 8 heteroatoms. The molecule has 3 rings (SSSR count). The van der Waals surface area contributed by atoms with E-state index in [1.807, 2.05) is 0 Å². The molecule has 0 radical (unpaired) electrons. The minimum atomic E-state index is -0.756. The number of nitrogens with zero attached hydrogens (tertiary/aromatic N) is 2. The predicted octanol–water partition coefficient (Wildman–Crippen LogP) is 4.12. The zero-order valence-electron chi connectivity index (χ0n) is 12.9. The van der Waals surface area contributed by atoms with Crippen molar-refractivity contribution >= 4 is 44.4 Å². The van der Waals surface area contributed by atoms with Crippen LogP contribution in [0.15, 0.2) is 46.1 Å². The molecule has 0 saturated carbocycles. The predicted molar refractivity (Wildman–Crippen MR) is 96.0 cm³/mol. The minimum Gasteiger partial charge on any atom is -0.462 e. The van der Waals surface area contributed by atoms with Gasteiger partial charge in [0.1, 0.15) is 16.0 Å². The van der Waals surface area contributed by atoms with Crippen molar-refractivity contribution in [2.24, 2.45) is 0 Å². The first-order chi connectivity index (χ1) is 11.9. The highest BCUT2D eigenvalue weighted by Gasteiger charge is 2.19. The fourth-order valence-electron chi connectivity index (χ4n) is 2.40. The van der Waals surface area contributed by atoms with E-state index in [0.29, 0.717) is 10.3 Å². The van der Waals surface area contributed by atoms with Gasteiger partial charge in [-0.05, 0) is 41.1 Å². The van der Waals surface area contributed by atoms with E-state index in [2.05, 4.69) is 20.9 Å². The Morgan fingerprint density at radius 3 is 2.80 bits per heavy atom. The van der Waals surface area contributed by atoms with Crippen molar-refractivity contribution in [3.8, 4) is 5.69 Å². The molecular weight excluding hydrogens is 415 g/mol. The number of aromatic nitrogens is 2. The van der Waals surface area contributed by atoms with Crippen molar-refractivity contribution in [2.45, 2.75) is 6.92 Å². The smallest absolute Gasteiger partial charge is 0.343 e. The molecule has 0 unspecified atom stereocenters. The van der Waals surface area contributed by atoms with Crippen molar-refractivity contribution < 1.29 is 13.9 Å². The molecule has 2 heterocycles. The van der Waals surface area contributed by atoms with Crippen molar-refractivity contribution in [1.82, 2.24) is 9.55 Å². The number of carbonyl (C=O) groups is 1. The van der Waals surface area contributed by atoms with Crippen LogP contribution in [-0.4, -0.2) is 22.1 Å². The molecule has 0 spiro atoms. The number of carbonyl (C=O) groups excluding carboxylic acids is 1. The maximum Gasteiger partial charge on any atom is 0.343 e. The van der Waals surface area contributed by atoms with Gasteiger partial charge in [-0.2, -0.15) is 0 Å². The number of benzene rings is 1. The van der Waals surface area contributed by atoms with Gasteiger partial charge in [0.25, 0.3) is 0 Å². The fourth-order valence-corrected chi connectivity index (χ4v) is 2.80. The summed E-state index contributed by atoms with van der Waals surface area (Å²) < 4.78 is 21.0. The minimum absolute atomic E-state index is 0.111. The lowest BCUT2D eigenvalue weighted by atomic mass is 10.1. The largest absolute Gasteiger partial charge is 0.462 e. The van der Waals surface area contributed by atoms with Crippen LogP contribution in [0.2, 0.25) is 5.02 Å². The van der Waals surface area contributed by atoms with Gasteiger partial charge in [-0.3, -0.25) is 4.79 Å². The summed E-state index contributed by atoms with van der Waals surface area (Å²) in [4.78, 5) is 28.9. The van der Waals surface area contributed by atoms with Crippen molar-refractivity contribution in [2.75, 3.05) is 6.61 Å². The molecule has 0 atom stereocenters. The molecule has 25 heavy (non-hydrogen) atoms. The van der Waals surface area contributed by atoms with E-state index in [-0.39, 0.29) is 28.1 Å². The van der Waals surface area contributed by atoms with E-state index in [1.54, 1.807) is 19.1 Å². The molecule has 0 aliphatic carbocycles. The third kappa shape index (κ3) is 3.29. The normalized spacial score (nSPS) is 10.9. The molecule has 1 aromatic carbocycles. The molecule has 2 aromatic heterocycles. The first-order valence-corrected chi connectivity index (χ1v) is 8.43. The average molecular weight is 426 g/mol. The number of hydrogen-bond donors (Lipinski definition) is 0.